The number of ether oxygens (including phenoxy) is 1. The molecule has 1 unspecified atom stereocenters. The minimum absolute atomic E-state index is 0.493. The van der Waals surface area contributed by atoms with Gasteiger partial charge >= 0.3 is 0 Å². The highest BCUT2D eigenvalue weighted by molar-refractivity contribution is 5.31. The SMILES string of the molecule is CCNC(CC1CCOCC1)c1ccc(C)c(C)c1. The van der Waals surface area contributed by atoms with E-state index in [2.05, 4.69) is 44.3 Å². The lowest BCUT2D eigenvalue weighted by atomic mass is 9.88. The average Bonchev–Trinajstić information content (AvgIpc) is 2.43. The molecule has 1 aromatic rings. The second-order valence-electron chi connectivity index (χ2n) is 5.75. The van der Waals surface area contributed by atoms with Gasteiger partial charge in [0.05, 0.1) is 0 Å². The Morgan fingerprint density at radius 1 is 1.21 bits per heavy atom. The summed E-state index contributed by atoms with van der Waals surface area (Å²) in [7, 11) is 0. The number of aryl methyl sites for hydroxylation is 2. The number of nitrogens with one attached hydrogen (secondary N) is 1. The minimum Gasteiger partial charge on any atom is -0.381 e. The van der Waals surface area contributed by atoms with E-state index in [0.717, 1.165) is 25.7 Å². The van der Waals surface area contributed by atoms with Crippen LogP contribution in [0.15, 0.2) is 18.2 Å². The Morgan fingerprint density at radius 2 is 1.95 bits per heavy atom. The molecule has 106 valence electrons. The Balaban J connectivity index is 2.07. The van der Waals surface area contributed by atoms with Crippen LogP contribution in [-0.4, -0.2) is 19.8 Å². The van der Waals surface area contributed by atoms with Gasteiger partial charge in [-0.15, -0.1) is 0 Å². The summed E-state index contributed by atoms with van der Waals surface area (Å²) in [5.74, 6) is 0.805. The summed E-state index contributed by atoms with van der Waals surface area (Å²) in [4.78, 5) is 0. The zero-order valence-electron chi connectivity index (χ0n) is 12.5. The van der Waals surface area contributed by atoms with Crippen LogP contribution in [0.2, 0.25) is 0 Å². The quantitative estimate of drug-likeness (QED) is 0.871. The fourth-order valence-electron chi connectivity index (χ4n) is 2.88. The van der Waals surface area contributed by atoms with Gasteiger partial charge in [-0.25, -0.2) is 0 Å². The zero-order valence-corrected chi connectivity index (χ0v) is 12.5. The highest BCUT2D eigenvalue weighted by atomic mass is 16.5. The molecular formula is C17H27NO. The maximum Gasteiger partial charge on any atom is 0.0468 e. The van der Waals surface area contributed by atoms with Crippen molar-refractivity contribution >= 4 is 0 Å². The van der Waals surface area contributed by atoms with Crippen LogP contribution in [0.3, 0.4) is 0 Å². The molecule has 1 fully saturated rings. The fraction of sp³-hybridized carbons (Fsp3) is 0.647. The lowest BCUT2D eigenvalue weighted by Gasteiger charge is -2.27. The van der Waals surface area contributed by atoms with Crippen molar-refractivity contribution in [2.45, 2.75) is 46.1 Å². The predicted molar refractivity (Wildman–Crippen MR) is 80.5 cm³/mol. The van der Waals surface area contributed by atoms with Gasteiger partial charge in [-0.3, -0.25) is 0 Å². The number of hydrogen-bond donors (Lipinski definition) is 1. The largest absolute Gasteiger partial charge is 0.381 e. The molecule has 0 radical (unpaired) electrons. The Morgan fingerprint density at radius 3 is 2.58 bits per heavy atom. The average molecular weight is 261 g/mol. The van der Waals surface area contributed by atoms with Crippen LogP contribution < -0.4 is 5.32 Å². The Bertz CT molecular complexity index is 396. The van der Waals surface area contributed by atoms with Gasteiger partial charge in [-0.1, -0.05) is 25.1 Å². The van der Waals surface area contributed by atoms with Gasteiger partial charge in [-0.05, 0) is 62.3 Å². The number of hydrogen-bond acceptors (Lipinski definition) is 2. The molecule has 1 aliphatic rings. The lowest BCUT2D eigenvalue weighted by Crippen LogP contribution is -2.26. The third-order valence-corrected chi connectivity index (χ3v) is 4.29. The first-order valence-corrected chi connectivity index (χ1v) is 7.59. The molecule has 0 aromatic heterocycles. The topological polar surface area (TPSA) is 21.3 Å². The van der Waals surface area contributed by atoms with Crippen LogP contribution in [-0.2, 0) is 4.74 Å². The molecule has 1 aliphatic heterocycles. The molecular weight excluding hydrogens is 234 g/mol. The Hall–Kier alpha value is -0.860. The van der Waals surface area contributed by atoms with E-state index < -0.39 is 0 Å². The van der Waals surface area contributed by atoms with Gasteiger partial charge in [0.25, 0.3) is 0 Å². The van der Waals surface area contributed by atoms with E-state index in [9.17, 15) is 0 Å². The molecule has 1 atom stereocenters. The van der Waals surface area contributed by atoms with Crippen LogP contribution in [0.1, 0.15) is 48.9 Å². The molecule has 0 spiro atoms. The zero-order chi connectivity index (χ0) is 13.7. The maximum absolute atomic E-state index is 5.46. The monoisotopic (exact) mass is 261 g/mol. The van der Waals surface area contributed by atoms with Crippen molar-refractivity contribution in [3.63, 3.8) is 0 Å². The molecule has 2 heteroatoms. The molecule has 1 N–H and O–H groups in total. The summed E-state index contributed by atoms with van der Waals surface area (Å²) in [6.07, 6.45) is 3.67. The van der Waals surface area contributed by atoms with E-state index >= 15 is 0 Å². The van der Waals surface area contributed by atoms with Crippen LogP contribution in [0.4, 0.5) is 0 Å². The highest BCUT2D eigenvalue weighted by Gasteiger charge is 2.20. The van der Waals surface area contributed by atoms with Gasteiger partial charge in [0, 0.05) is 19.3 Å². The first kappa shape index (κ1) is 14.5. The summed E-state index contributed by atoms with van der Waals surface area (Å²) in [6.45, 7) is 9.49. The molecule has 0 amide bonds. The highest BCUT2D eigenvalue weighted by Crippen LogP contribution is 2.28. The molecule has 2 nitrogen and oxygen atoms in total. The van der Waals surface area contributed by atoms with Crippen LogP contribution in [0.25, 0.3) is 0 Å². The maximum atomic E-state index is 5.46. The van der Waals surface area contributed by atoms with Crippen molar-refractivity contribution in [1.82, 2.24) is 5.32 Å². The van der Waals surface area contributed by atoms with Gasteiger partial charge in [0.1, 0.15) is 0 Å². The summed E-state index contributed by atoms with van der Waals surface area (Å²) in [6, 6.07) is 7.38. The van der Waals surface area contributed by atoms with E-state index in [1.165, 1.54) is 36.0 Å². The third-order valence-electron chi connectivity index (χ3n) is 4.29. The normalized spacial score (nSPS) is 18.5. The fourth-order valence-corrected chi connectivity index (χ4v) is 2.88. The summed E-state index contributed by atoms with van der Waals surface area (Å²) < 4.78 is 5.46. The number of benzene rings is 1. The minimum atomic E-state index is 0.493. The van der Waals surface area contributed by atoms with Crippen molar-refractivity contribution < 1.29 is 4.74 Å². The van der Waals surface area contributed by atoms with Gasteiger partial charge in [-0.2, -0.15) is 0 Å². The molecule has 0 saturated carbocycles. The van der Waals surface area contributed by atoms with Crippen molar-refractivity contribution in [3.8, 4) is 0 Å². The summed E-state index contributed by atoms with van der Waals surface area (Å²) >= 11 is 0. The van der Waals surface area contributed by atoms with Crippen molar-refractivity contribution in [3.05, 3.63) is 34.9 Å². The summed E-state index contributed by atoms with van der Waals surface area (Å²) in [5.41, 5.74) is 4.22. The molecule has 1 saturated heterocycles. The summed E-state index contributed by atoms with van der Waals surface area (Å²) in [5, 5.41) is 3.65. The second-order valence-corrected chi connectivity index (χ2v) is 5.75. The van der Waals surface area contributed by atoms with Crippen LogP contribution >= 0.6 is 0 Å². The van der Waals surface area contributed by atoms with Crippen LogP contribution in [0, 0.1) is 19.8 Å². The standard InChI is InChI=1S/C17H27NO/c1-4-18-17(12-15-7-9-19-10-8-15)16-6-5-13(2)14(3)11-16/h5-6,11,15,17-18H,4,7-10,12H2,1-3H3. The van der Waals surface area contributed by atoms with Gasteiger partial charge in [0.15, 0.2) is 0 Å². The molecule has 0 aliphatic carbocycles. The Kier molecular flexibility index (Phi) is 5.41. The Labute approximate surface area is 117 Å². The molecule has 0 bridgehead atoms. The van der Waals surface area contributed by atoms with Crippen molar-refractivity contribution in [1.29, 1.82) is 0 Å². The van der Waals surface area contributed by atoms with E-state index in [1.807, 2.05) is 0 Å². The second kappa shape index (κ2) is 7.06. The first-order valence-electron chi connectivity index (χ1n) is 7.59. The van der Waals surface area contributed by atoms with E-state index in [4.69, 9.17) is 4.74 Å². The van der Waals surface area contributed by atoms with E-state index in [1.54, 1.807) is 0 Å². The molecule has 19 heavy (non-hydrogen) atoms. The molecule has 2 rings (SSSR count). The van der Waals surface area contributed by atoms with Crippen molar-refractivity contribution in [2.24, 2.45) is 5.92 Å². The molecule has 1 heterocycles. The smallest absolute Gasteiger partial charge is 0.0468 e. The van der Waals surface area contributed by atoms with E-state index in [-0.39, 0.29) is 0 Å². The third kappa shape index (κ3) is 4.05. The van der Waals surface area contributed by atoms with Gasteiger partial charge in [0.2, 0.25) is 0 Å². The number of rotatable bonds is 5. The molecule has 1 aromatic carbocycles. The first-order chi connectivity index (χ1) is 9.20. The lowest BCUT2D eigenvalue weighted by molar-refractivity contribution is 0.0606. The predicted octanol–water partition coefficient (Wildman–Crippen LogP) is 3.77. The van der Waals surface area contributed by atoms with Crippen LogP contribution in [0.5, 0.6) is 0 Å². The van der Waals surface area contributed by atoms with Crippen molar-refractivity contribution in [2.75, 3.05) is 19.8 Å². The van der Waals surface area contributed by atoms with E-state index in [0.29, 0.717) is 6.04 Å². The van der Waals surface area contributed by atoms with Gasteiger partial charge < -0.3 is 10.1 Å².